The van der Waals surface area contributed by atoms with Crippen LogP contribution in [0.3, 0.4) is 0 Å². The van der Waals surface area contributed by atoms with Crippen molar-refractivity contribution in [2.24, 2.45) is 11.5 Å². The highest BCUT2D eigenvalue weighted by Gasteiger charge is 2.14. The van der Waals surface area contributed by atoms with Crippen LogP contribution >= 0.6 is 0 Å². The number of methoxy groups -OCH3 is 1. The molecule has 0 atom stereocenters. The largest absolute Gasteiger partial charge is 0.491 e. The summed E-state index contributed by atoms with van der Waals surface area (Å²) in [5.41, 5.74) is 15.0. The fraction of sp³-hybridized carbons (Fsp3) is 0.0400. The summed E-state index contributed by atoms with van der Waals surface area (Å²) < 4.78 is 5.46. The zero-order valence-corrected chi connectivity index (χ0v) is 19.2. The van der Waals surface area contributed by atoms with Gasteiger partial charge in [0.05, 0.1) is 30.7 Å². The first-order valence-corrected chi connectivity index (χ1v) is 10.9. The molecule has 0 saturated heterocycles. The molecular formula is C25H23N9O2. The summed E-state index contributed by atoms with van der Waals surface area (Å²) in [4.78, 5) is 24.9. The highest BCUT2D eigenvalue weighted by molar-refractivity contribution is 5.99. The number of aromatic amines is 2. The number of hydrogen-bond donors (Lipinski definition) is 6. The zero-order valence-electron chi connectivity index (χ0n) is 19.2. The molecule has 0 radical (unpaired) electrons. The molecule has 1 amide bonds. The van der Waals surface area contributed by atoms with Crippen LogP contribution in [0.25, 0.3) is 33.2 Å². The summed E-state index contributed by atoms with van der Waals surface area (Å²) in [5.74, 6) is 1.17. The van der Waals surface area contributed by atoms with Gasteiger partial charge in [-0.1, -0.05) is 12.1 Å². The molecule has 11 heteroatoms. The van der Waals surface area contributed by atoms with Gasteiger partial charge in [0, 0.05) is 33.7 Å². The topological polar surface area (TPSA) is 173 Å². The van der Waals surface area contributed by atoms with Gasteiger partial charge in [0.2, 0.25) is 0 Å². The van der Waals surface area contributed by atoms with Crippen molar-refractivity contribution < 1.29 is 9.53 Å². The number of allylic oxidation sites excluding steroid dienone is 1. The van der Waals surface area contributed by atoms with Crippen LogP contribution in [0, 0.1) is 0 Å². The average Bonchev–Trinajstić information content (AvgIpc) is 3.54. The Morgan fingerprint density at radius 3 is 2.75 bits per heavy atom. The summed E-state index contributed by atoms with van der Waals surface area (Å²) in [6.45, 7) is 0. The molecule has 8 N–H and O–H groups in total. The van der Waals surface area contributed by atoms with E-state index in [1.165, 1.54) is 18.5 Å². The summed E-state index contributed by atoms with van der Waals surface area (Å²) in [6, 6.07) is 13.2. The predicted octanol–water partition coefficient (Wildman–Crippen LogP) is 3.26. The lowest BCUT2D eigenvalue weighted by Gasteiger charge is -2.11. The number of aromatic nitrogens is 5. The van der Waals surface area contributed by atoms with Gasteiger partial charge in [-0.15, -0.1) is 0 Å². The number of benzene rings is 2. The Morgan fingerprint density at radius 1 is 1.06 bits per heavy atom. The van der Waals surface area contributed by atoms with Gasteiger partial charge in [0.1, 0.15) is 5.69 Å². The molecule has 5 aromatic rings. The quantitative estimate of drug-likeness (QED) is 0.192. The van der Waals surface area contributed by atoms with Gasteiger partial charge in [-0.05, 0) is 42.6 Å². The minimum Gasteiger partial charge on any atom is -0.491 e. The molecule has 180 valence electrons. The van der Waals surface area contributed by atoms with Gasteiger partial charge in [-0.2, -0.15) is 5.10 Å². The summed E-state index contributed by atoms with van der Waals surface area (Å²) in [6.07, 6.45) is 7.43. The zero-order chi connectivity index (χ0) is 25.1. The number of carbonyl (C=O) groups is 1. The normalized spacial score (nSPS) is 11.9. The van der Waals surface area contributed by atoms with E-state index in [4.69, 9.17) is 21.2 Å². The molecule has 3 heterocycles. The Hall–Kier alpha value is -5.32. The van der Waals surface area contributed by atoms with Crippen LogP contribution in [-0.4, -0.2) is 38.2 Å². The Bertz CT molecular complexity index is 1630. The van der Waals surface area contributed by atoms with Crippen molar-refractivity contribution in [3.8, 4) is 17.1 Å². The van der Waals surface area contributed by atoms with Crippen LogP contribution in [0.1, 0.15) is 10.5 Å². The maximum absolute atomic E-state index is 12.6. The number of amides is 1. The minimum atomic E-state index is -0.343. The first kappa shape index (κ1) is 22.5. The fourth-order valence-electron chi connectivity index (χ4n) is 3.74. The van der Waals surface area contributed by atoms with E-state index in [1.807, 2.05) is 36.4 Å². The lowest BCUT2D eigenvalue weighted by Crippen LogP contribution is -2.23. The van der Waals surface area contributed by atoms with E-state index >= 15 is 0 Å². The molecule has 5 rings (SSSR count). The highest BCUT2D eigenvalue weighted by Crippen LogP contribution is 2.30. The van der Waals surface area contributed by atoms with Gasteiger partial charge >= 0.3 is 0 Å². The standard InChI is InChI=1S/C25H23N9O2/c1-36-22-13-28-23(33-24(22)30-17-4-5-19-16(8-17)12-29-34-19)15-3-2-14-9-21(32-20(14)10-15)25(35)31-18(11-27)6-7-26/h2-13,32H,26-27H2,1H3,(H,29,34)(H,31,35)(H,28,30,33)/b7-6-,18-11+. The van der Waals surface area contributed by atoms with Crippen LogP contribution < -0.4 is 26.8 Å². The first-order valence-electron chi connectivity index (χ1n) is 10.9. The smallest absolute Gasteiger partial charge is 0.272 e. The van der Waals surface area contributed by atoms with Crippen LogP contribution in [0.15, 0.2) is 79.0 Å². The number of rotatable bonds is 7. The number of ether oxygens (including phenoxy) is 1. The maximum atomic E-state index is 12.6. The van der Waals surface area contributed by atoms with Crippen LogP contribution in [0.4, 0.5) is 11.5 Å². The lowest BCUT2D eigenvalue weighted by atomic mass is 10.1. The molecule has 0 aliphatic heterocycles. The molecule has 3 aromatic heterocycles. The average molecular weight is 482 g/mol. The number of fused-ring (bicyclic) bond motifs is 2. The van der Waals surface area contributed by atoms with Gasteiger partial charge in [0.15, 0.2) is 17.4 Å². The van der Waals surface area contributed by atoms with Gasteiger partial charge in [0.25, 0.3) is 5.91 Å². The van der Waals surface area contributed by atoms with E-state index in [-0.39, 0.29) is 5.91 Å². The third-order valence-corrected chi connectivity index (χ3v) is 5.52. The molecule has 2 aromatic carbocycles. The van der Waals surface area contributed by atoms with E-state index in [1.54, 1.807) is 25.6 Å². The summed E-state index contributed by atoms with van der Waals surface area (Å²) in [5, 5.41) is 14.8. The second kappa shape index (κ2) is 9.50. The monoisotopic (exact) mass is 481 g/mol. The van der Waals surface area contributed by atoms with E-state index in [9.17, 15) is 4.79 Å². The molecule has 0 bridgehead atoms. The highest BCUT2D eigenvalue weighted by atomic mass is 16.5. The molecule has 0 fully saturated rings. The van der Waals surface area contributed by atoms with Crippen molar-refractivity contribution in [3.05, 3.63) is 84.7 Å². The molecular weight excluding hydrogens is 458 g/mol. The maximum Gasteiger partial charge on any atom is 0.272 e. The summed E-state index contributed by atoms with van der Waals surface area (Å²) >= 11 is 0. The van der Waals surface area contributed by atoms with Crippen molar-refractivity contribution in [3.63, 3.8) is 0 Å². The van der Waals surface area contributed by atoms with Gasteiger partial charge < -0.3 is 31.8 Å². The predicted molar refractivity (Wildman–Crippen MR) is 138 cm³/mol. The molecule has 0 spiro atoms. The van der Waals surface area contributed by atoms with E-state index in [2.05, 4.69) is 30.8 Å². The van der Waals surface area contributed by atoms with E-state index in [0.29, 0.717) is 28.8 Å². The fourth-order valence-corrected chi connectivity index (χ4v) is 3.74. The Labute approximate surface area is 205 Å². The SMILES string of the molecule is COc1cnc(-c2ccc3cc(C(=O)NC(/C=C\N)=C/N)[nH]c3c2)nc1Nc1ccc2[nH]ncc2c1. The second-order valence-corrected chi connectivity index (χ2v) is 7.83. The third kappa shape index (κ3) is 4.40. The molecule has 36 heavy (non-hydrogen) atoms. The number of H-pyrrole nitrogens is 2. The van der Waals surface area contributed by atoms with Crippen molar-refractivity contribution in [2.45, 2.75) is 0 Å². The first-order chi connectivity index (χ1) is 17.6. The molecule has 0 unspecified atom stereocenters. The number of anilines is 2. The van der Waals surface area contributed by atoms with Crippen LogP contribution in [0.2, 0.25) is 0 Å². The van der Waals surface area contributed by atoms with Crippen LogP contribution in [0.5, 0.6) is 5.75 Å². The van der Waals surface area contributed by atoms with Crippen LogP contribution in [-0.2, 0) is 0 Å². The van der Waals surface area contributed by atoms with Gasteiger partial charge in [-0.25, -0.2) is 9.97 Å². The lowest BCUT2D eigenvalue weighted by molar-refractivity contribution is 0.0963. The third-order valence-electron chi connectivity index (χ3n) is 5.52. The molecule has 0 aliphatic carbocycles. The molecule has 0 aliphatic rings. The Morgan fingerprint density at radius 2 is 1.94 bits per heavy atom. The minimum absolute atomic E-state index is 0.343. The number of nitrogens with two attached hydrogens (primary N) is 2. The van der Waals surface area contributed by atoms with Crippen molar-refractivity contribution in [2.75, 3.05) is 12.4 Å². The van der Waals surface area contributed by atoms with Crippen molar-refractivity contribution in [1.82, 2.24) is 30.5 Å². The van der Waals surface area contributed by atoms with Crippen molar-refractivity contribution in [1.29, 1.82) is 0 Å². The number of hydrogen-bond acceptors (Lipinski definition) is 8. The molecule has 0 saturated carbocycles. The summed E-state index contributed by atoms with van der Waals surface area (Å²) in [7, 11) is 1.56. The second-order valence-electron chi connectivity index (χ2n) is 7.83. The number of nitrogens with one attached hydrogen (secondary N) is 4. The number of nitrogens with zero attached hydrogens (tertiary/aromatic N) is 3. The van der Waals surface area contributed by atoms with E-state index in [0.717, 1.165) is 33.1 Å². The Balaban J connectivity index is 1.44. The van der Waals surface area contributed by atoms with Crippen molar-refractivity contribution >= 4 is 39.2 Å². The van der Waals surface area contributed by atoms with E-state index < -0.39 is 0 Å². The number of carbonyl (C=O) groups excluding carboxylic acids is 1. The van der Waals surface area contributed by atoms with Gasteiger partial charge in [-0.3, -0.25) is 9.89 Å². The molecule has 11 nitrogen and oxygen atoms in total. The Kier molecular flexibility index (Phi) is 5.93.